The molecule has 0 radical (unpaired) electrons. The van der Waals surface area contributed by atoms with E-state index < -0.39 is 0 Å². The van der Waals surface area contributed by atoms with Crippen LogP contribution in [0.5, 0.6) is 0 Å². The Balaban J connectivity index is 0.000000963. The molecule has 1 fully saturated rings. The van der Waals surface area contributed by atoms with E-state index in [-0.39, 0.29) is 45.2 Å². The molecule has 1 aliphatic heterocycles. The summed E-state index contributed by atoms with van der Waals surface area (Å²) in [5.41, 5.74) is 4.58. The van der Waals surface area contributed by atoms with Gasteiger partial charge in [-0.15, -0.1) is 8.58 Å². The molecule has 98 valence electrons. The summed E-state index contributed by atoms with van der Waals surface area (Å²) in [6, 6.07) is 21.7. The molecule has 2 aromatic rings. The fourth-order valence-electron chi connectivity index (χ4n) is 2.04. The normalized spacial score (nSPS) is 21.1. The molecule has 1 heterocycles. The minimum Gasteiger partial charge on any atom is -1.00 e. The van der Waals surface area contributed by atoms with Crippen LogP contribution in [0.2, 0.25) is 0 Å². The van der Waals surface area contributed by atoms with Gasteiger partial charge < -0.3 is 24.8 Å². The van der Waals surface area contributed by atoms with Crippen molar-refractivity contribution < 1.29 is 45.2 Å². The third-order valence-corrected chi connectivity index (χ3v) is 4.57. The van der Waals surface area contributed by atoms with E-state index in [4.69, 9.17) is 0 Å². The smallest absolute Gasteiger partial charge is 1.00 e. The van der Waals surface area contributed by atoms with Crippen LogP contribution in [-0.4, -0.2) is 0 Å². The van der Waals surface area contributed by atoms with Gasteiger partial charge in [0.1, 0.15) is 0 Å². The Morgan fingerprint density at radius 1 is 0.611 bits per heavy atom. The van der Waals surface area contributed by atoms with Crippen LogP contribution in [0.15, 0.2) is 60.7 Å². The average Bonchev–Trinajstić information content (AvgIpc) is 3.11. The Bertz CT molecular complexity index is 406. The van der Waals surface area contributed by atoms with E-state index in [0.29, 0.717) is 0 Å². The first-order valence-electron chi connectivity index (χ1n) is 5.31. The third kappa shape index (κ3) is 4.06. The van der Waals surface area contributed by atoms with Crippen molar-refractivity contribution in [3.63, 3.8) is 0 Å². The predicted octanol–water partition coefficient (Wildman–Crippen LogP) is -1.83. The maximum absolute atomic E-state index is 2.25. The second kappa shape index (κ2) is 8.32. The van der Waals surface area contributed by atoms with Crippen molar-refractivity contribution in [1.82, 2.24) is 0 Å². The molecule has 0 amide bonds. The first kappa shape index (κ1) is 18.1. The summed E-state index contributed by atoms with van der Waals surface area (Å²) in [7, 11) is 1.07. The summed E-state index contributed by atoms with van der Waals surface area (Å²) in [6.45, 7) is 0. The maximum Gasteiger partial charge on any atom is 2.00 e. The van der Waals surface area contributed by atoms with E-state index in [1.54, 1.807) is 0 Å². The van der Waals surface area contributed by atoms with E-state index in [9.17, 15) is 0 Å². The van der Waals surface area contributed by atoms with Gasteiger partial charge in [0.2, 0.25) is 0 Å². The molecule has 0 aromatic heterocycles. The third-order valence-electron chi connectivity index (χ3n) is 2.90. The first-order chi connectivity index (χ1) is 7.45. The van der Waals surface area contributed by atoms with Gasteiger partial charge in [-0.3, -0.25) is 0 Å². The maximum atomic E-state index is 2.25. The molecule has 2 unspecified atom stereocenters. The van der Waals surface area contributed by atoms with Crippen molar-refractivity contribution in [3.8, 4) is 0 Å². The zero-order valence-corrected chi connectivity index (χ0v) is 13.6. The van der Waals surface area contributed by atoms with Gasteiger partial charge in [-0.05, 0) is 11.1 Å². The SMILES string of the molecule is [Cl-].[Cl-].[Pd+2].c1ccc(C2PC2c2ccccc2)cc1. The summed E-state index contributed by atoms with van der Waals surface area (Å²) in [6.07, 6.45) is 0. The Hall–Kier alpha value is 0.112. The second-order valence-electron chi connectivity index (χ2n) is 3.94. The van der Waals surface area contributed by atoms with Crippen molar-refractivity contribution >= 4 is 8.58 Å². The van der Waals surface area contributed by atoms with Crippen LogP contribution in [0.1, 0.15) is 22.4 Å². The van der Waals surface area contributed by atoms with E-state index >= 15 is 0 Å². The van der Waals surface area contributed by atoms with Gasteiger partial charge >= 0.3 is 20.4 Å². The number of hydrogen-bond acceptors (Lipinski definition) is 0. The Labute approximate surface area is 136 Å². The minimum atomic E-state index is 0. The molecule has 2 aromatic carbocycles. The Morgan fingerprint density at radius 2 is 0.944 bits per heavy atom. The minimum absolute atomic E-state index is 0. The standard InChI is InChI=1S/C14H13P.2ClH.Pd/c1-3-7-11(8-4-1)13-14(15-13)12-9-5-2-6-10-12;;;/h1-10,13-15H;2*1H;/q;;;+2/p-2. The molecule has 1 aliphatic rings. The number of rotatable bonds is 2. The van der Waals surface area contributed by atoms with Crippen LogP contribution in [0, 0.1) is 0 Å². The van der Waals surface area contributed by atoms with Crippen molar-refractivity contribution in [1.29, 1.82) is 0 Å². The number of halogens is 2. The Morgan fingerprint density at radius 3 is 1.28 bits per heavy atom. The molecule has 0 saturated carbocycles. The average molecular weight is 390 g/mol. The fourth-order valence-corrected chi connectivity index (χ4v) is 3.47. The zero-order chi connectivity index (χ0) is 10.1. The van der Waals surface area contributed by atoms with Gasteiger partial charge in [0.05, 0.1) is 0 Å². The van der Waals surface area contributed by atoms with Gasteiger partial charge in [0.25, 0.3) is 0 Å². The van der Waals surface area contributed by atoms with Crippen LogP contribution in [0.3, 0.4) is 0 Å². The summed E-state index contributed by atoms with van der Waals surface area (Å²) in [5.74, 6) is 0. The molecule has 3 rings (SSSR count). The summed E-state index contributed by atoms with van der Waals surface area (Å²) in [5, 5.41) is 0. The van der Waals surface area contributed by atoms with Gasteiger partial charge in [-0.25, -0.2) is 0 Å². The van der Waals surface area contributed by atoms with E-state index in [0.717, 1.165) is 19.9 Å². The molecular weight excluding hydrogens is 376 g/mol. The van der Waals surface area contributed by atoms with E-state index in [1.807, 2.05) is 0 Å². The van der Waals surface area contributed by atoms with Crippen LogP contribution in [0.4, 0.5) is 0 Å². The van der Waals surface area contributed by atoms with Gasteiger partial charge in [0.15, 0.2) is 0 Å². The molecule has 2 atom stereocenters. The predicted molar refractivity (Wildman–Crippen MR) is 66.7 cm³/mol. The van der Waals surface area contributed by atoms with Crippen molar-refractivity contribution in [2.75, 3.05) is 0 Å². The molecule has 0 spiro atoms. The monoisotopic (exact) mass is 388 g/mol. The largest absolute Gasteiger partial charge is 2.00 e. The van der Waals surface area contributed by atoms with Gasteiger partial charge in [0, 0.05) is 11.3 Å². The van der Waals surface area contributed by atoms with E-state index in [2.05, 4.69) is 60.7 Å². The van der Waals surface area contributed by atoms with Crippen molar-refractivity contribution in [2.24, 2.45) is 0 Å². The molecular formula is C14H13Cl2PPd. The van der Waals surface area contributed by atoms with E-state index in [1.165, 1.54) is 11.1 Å². The number of hydrogen-bond donors (Lipinski definition) is 0. The molecule has 4 heteroatoms. The molecule has 1 saturated heterocycles. The number of benzene rings is 2. The second-order valence-corrected chi connectivity index (χ2v) is 5.52. The fraction of sp³-hybridized carbons (Fsp3) is 0.143. The van der Waals surface area contributed by atoms with Crippen molar-refractivity contribution in [2.45, 2.75) is 11.3 Å². The van der Waals surface area contributed by atoms with Crippen molar-refractivity contribution in [3.05, 3.63) is 71.8 Å². The molecule has 0 nitrogen and oxygen atoms in total. The van der Waals surface area contributed by atoms with Crippen LogP contribution >= 0.6 is 8.58 Å². The van der Waals surface area contributed by atoms with Gasteiger partial charge in [-0.1, -0.05) is 60.7 Å². The zero-order valence-electron chi connectivity index (χ0n) is 9.50. The molecule has 0 bridgehead atoms. The summed E-state index contributed by atoms with van der Waals surface area (Å²) >= 11 is 0. The quantitative estimate of drug-likeness (QED) is 0.419. The van der Waals surface area contributed by atoms with Gasteiger partial charge in [-0.2, -0.15) is 0 Å². The summed E-state index contributed by atoms with van der Waals surface area (Å²) < 4.78 is 0. The summed E-state index contributed by atoms with van der Waals surface area (Å²) in [4.78, 5) is 0. The first-order valence-corrected chi connectivity index (χ1v) is 6.46. The van der Waals surface area contributed by atoms with Crippen LogP contribution in [0.25, 0.3) is 0 Å². The molecule has 0 aliphatic carbocycles. The Kier molecular flexibility index (Phi) is 8.37. The van der Waals surface area contributed by atoms with Crippen LogP contribution in [-0.2, 0) is 20.4 Å². The molecule has 18 heavy (non-hydrogen) atoms. The van der Waals surface area contributed by atoms with Crippen LogP contribution < -0.4 is 24.8 Å². The molecule has 0 N–H and O–H groups in total. The topological polar surface area (TPSA) is 0 Å².